The molecule has 0 aliphatic heterocycles. The number of thiophene rings is 1. The zero-order valence-electron chi connectivity index (χ0n) is 14.4. The summed E-state index contributed by atoms with van der Waals surface area (Å²) >= 11 is 1.70. The van der Waals surface area contributed by atoms with E-state index in [0.29, 0.717) is 19.5 Å². The van der Waals surface area contributed by atoms with Crippen molar-refractivity contribution >= 4 is 17.2 Å². The highest BCUT2D eigenvalue weighted by Gasteiger charge is 2.19. The first-order valence-electron chi connectivity index (χ1n) is 8.65. The van der Waals surface area contributed by atoms with E-state index in [4.69, 9.17) is 0 Å². The Kier molecular flexibility index (Phi) is 6.52. The molecule has 0 radical (unpaired) electrons. The van der Waals surface area contributed by atoms with Crippen LogP contribution in [0.4, 0.5) is 4.39 Å². The molecule has 0 spiro atoms. The summed E-state index contributed by atoms with van der Waals surface area (Å²) in [4.78, 5) is 13.4. The number of quaternary nitrogens is 1. The van der Waals surface area contributed by atoms with Crippen LogP contribution in [0.15, 0.2) is 72.1 Å². The second-order valence-electron chi connectivity index (χ2n) is 6.07. The summed E-state index contributed by atoms with van der Waals surface area (Å²) in [6.07, 6.45) is 0.694. The molecule has 3 aromatic rings. The second kappa shape index (κ2) is 9.27. The first-order valence-corrected chi connectivity index (χ1v) is 9.53. The number of nitrogens with one attached hydrogen (secondary N) is 1. The summed E-state index contributed by atoms with van der Waals surface area (Å²) in [6.45, 7) is 0.911. The number of carbonyl (C=O) groups excluding carboxylic acids is 1. The fourth-order valence-corrected chi connectivity index (χ4v) is 3.69. The molecule has 1 amide bonds. The number of amides is 1. The van der Waals surface area contributed by atoms with E-state index in [1.54, 1.807) is 23.5 Å². The number of hydrogen-bond donors (Lipinski definition) is 2. The van der Waals surface area contributed by atoms with Crippen molar-refractivity contribution in [3.8, 4) is 0 Å². The van der Waals surface area contributed by atoms with Gasteiger partial charge < -0.3 is 10.6 Å². The lowest BCUT2D eigenvalue weighted by atomic mass is 10.1. The van der Waals surface area contributed by atoms with Crippen LogP contribution in [0.5, 0.6) is 0 Å². The molecule has 5 heteroatoms. The third-order valence-corrected chi connectivity index (χ3v) is 5.15. The Labute approximate surface area is 156 Å². The average Bonchev–Trinajstić information content (AvgIpc) is 3.19. The van der Waals surface area contributed by atoms with Gasteiger partial charge in [0.2, 0.25) is 0 Å². The molecule has 134 valence electrons. The van der Waals surface area contributed by atoms with Crippen molar-refractivity contribution in [3.05, 3.63) is 93.9 Å². The zero-order valence-corrected chi connectivity index (χ0v) is 15.2. The molecule has 0 saturated carbocycles. The molecule has 0 unspecified atom stereocenters. The van der Waals surface area contributed by atoms with Crippen LogP contribution in [-0.4, -0.2) is 19.0 Å². The minimum atomic E-state index is -0.243. The molecule has 0 bridgehead atoms. The molecule has 0 fully saturated rings. The molecule has 3 rings (SSSR count). The topological polar surface area (TPSA) is 45.7 Å². The van der Waals surface area contributed by atoms with Crippen molar-refractivity contribution in [2.24, 2.45) is 0 Å². The first-order chi connectivity index (χ1) is 12.7. The van der Waals surface area contributed by atoms with Gasteiger partial charge in [-0.15, -0.1) is 11.3 Å². The third-order valence-electron chi connectivity index (χ3n) is 4.20. The van der Waals surface area contributed by atoms with E-state index in [1.807, 2.05) is 24.3 Å². The molecule has 1 heterocycles. The van der Waals surface area contributed by atoms with Crippen molar-refractivity contribution in [2.45, 2.75) is 12.5 Å². The van der Waals surface area contributed by atoms with E-state index >= 15 is 0 Å². The van der Waals surface area contributed by atoms with Crippen LogP contribution in [-0.2, 0) is 11.2 Å². The van der Waals surface area contributed by atoms with Crippen LogP contribution < -0.4 is 10.6 Å². The molecule has 0 aliphatic carbocycles. The van der Waals surface area contributed by atoms with Gasteiger partial charge in [0.05, 0.1) is 4.88 Å². The van der Waals surface area contributed by atoms with Gasteiger partial charge in [0.1, 0.15) is 11.9 Å². The molecule has 1 aromatic heterocycles. The van der Waals surface area contributed by atoms with Crippen LogP contribution >= 0.6 is 11.3 Å². The molecular formula is C21H22FN2OS+. The second-order valence-corrected chi connectivity index (χ2v) is 7.05. The number of hydrogen-bond acceptors (Lipinski definition) is 2. The first kappa shape index (κ1) is 18.3. The number of benzene rings is 2. The van der Waals surface area contributed by atoms with Crippen LogP contribution in [0.1, 0.15) is 22.0 Å². The molecule has 26 heavy (non-hydrogen) atoms. The lowest BCUT2D eigenvalue weighted by molar-refractivity contribution is -0.676. The Bertz CT molecular complexity index is 804. The Morgan fingerprint density at radius 3 is 2.50 bits per heavy atom. The quantitative estimate of drug-likeness (QED) is 0.630. The lowest BCUT2D eigenvalue weighted by Gasteiger charge is -2.14. The summed E-state index contributed by atoms with van der Waals surface area (Å²) in [5.41, 5.74) is 2.20. The van der Waals surface area contributed by atoms with Gasteiger partial charge in [0, 0.05) is 12.1 Å². The predicted octanol–water partition coefficient (Wildman–Crippen LogP) is 2.90. The van der Waals surface area contributed by atoms with Crippen molar-refractivity contribution < 1.29 is 14.5 Å². The molecule has 1 atom stereocenters. The van der Waals surface area contributed by atoms with Crippen molar-refractivity contribution in [1.29, 1.82) is 0 Å². The Balaban J connectivity index is 1.50. The number of rotatable bonds is 8. The number of nitrogens with two attached hydrogens (primary N) is 1. The summed E-state index contributed by atoms with van der Waals surface area (Å²) in [5, 5.41) is 7.06. The van der Waals surface area contributed by atoms with Crippen LogP contribution in [0, 0.1) is 5.82 Å². The van der Waals surface area contributed by atoms with Gasteiger partial charge >= 0.3 is 0 Å². The fourth-order valence-electron chi connectivity index (χ4n) is 2.84. The molecule has 2 aromatic carbocycles. The summed E-state index contributed by atoms with van der Waals surface area (Å²) in [6, 6.07) is 20.9. The van der Waals surface area contributed by atoms with Gasteiger partial charge in [-0.05, 0) is 35.6 Å². The minimum absolute atomic E-state index is 0.00426. The van der Waals surface area contributed by atoms with Crippen LogP contribution in [0.2, 0.25) is 0 Å². The van der Waals surface area contributed by atoms with E-state index in [-0.39, 0.29) is 17.8 Å². The van der Waals surface area contributed by atoms with E-state index in [2.05, 4.69) is 34.2 Å². The van der Waals surface area contributed by atoms with Gasteiger partial charge in [-0.25, -0.2) is 4.39 Å². The highest BCUT2D eigenvalue weighted by molar-refractivity contribution is 7.10. The molecular weight excluding hydrogens is 347 g/mol. The van der Waals surface area contributed by atoms with Gasteiger partial charge in [-0.2, -0.15) is 0 Å². The predicted molar refractivity (Wildman–Crippen MR) is 103 cm³/mol. The van der Waals surface area contributed by atoms with Crippen molar-refractivity contribution in [1.82, 2.24) is 5.32 Å². The number of halogens is 1. The Morgan fingerprint density at radius 1 is 1.04 bits per heavy atom. The van der Waals surface area contributed by atoms with Crippen molar-refractivity contribution in [2.75, 3.05) is 13.1 Å². The van der Waals surface area contributed by atoms with Gasteiger partial charge in [0.25, 0.3) is 5.91 Å². The smallest absolute Gasteiger partial charge is 0.275 e. The third kappa shape index (κ3) is 5.25. The molecule has 0 aliphatic rings. The molecule has 3 N–H and O–H groups in total. The highest BCUT2D eigenvalue weighted by Crippen LogP contribution is 2.22. The van der Waals surface area contributed by atoms with E-state index in [9.17, 15) is 9.18 Å². The van der Waals surface area contributed by atoms with E-state index < -0.39 is 0 Å². The van der Waals surface area contributed by atoms with Crippen LogP contribution in [0.3, 0.4) is 0 Å². The Hall–Kier alpha value is -2.50. The average molecular weight is 369 g/mol. The largest absolute Gasteiger partial charge is 0.351 e. The lowest BCUT2D eigenvalue weighted by Crippen LogP contribution is -2.87. The standard InChI is InChI=1S/C21H21FN2OS/c22-18-10-8-16(9-11-18)12-13-23-20(25)15-24-21(19-7-4-14-26-19)17-5-2-1-3-6-17/h1-11,14,21,24H,12-13,15H2,(H,23,25)/p+1/t21-/m1/s1. The van der Waals surface area contributed by atoms with Crippen LogP contribution in [0.25, 0.3) is 0 Å². The molecule has 0 saturated heterocycles. The highest BCUT2D eigenvalue weighted by atomic mass is 32.1. The fraction of sp³-hybridized carbons (Fsp3) is 0.190. The monoisotopic (exact) mass is 369 g/mol. The number of carbonyl (C=O) groups is 1. The van der Waals surface area contributed by atoms with Gasteiger partial charge in [-0.1, -0.05) is 48.5 Å². The maximum atomic E-state index is 12.9. The van der Waals surface area contributed by atoms with E-state index in [0.717, 1.165) is 5.56 Å². The molecule has 3 nitrogen and oxygen atoms in total. The maximum absolute atomic E-state index is 12.9. The summed E-state index contributed by atoms with van der Waals surface area (Å²) < 4.78 is 12.9. The zero-order chi connectivity index (χ0) is 18.2. The maximum Gasteiger partial charge on any atom is 0.275 e. The van der Waals surface area contributed by atoms with E-state index in [1.165, 1.54) is 22.6 Å². The normalized spacial score (nSPS) is 11.9. The summed E-state index contributed by atoms with van der Waals surface area (Å²) in [7, 11) is 0. The Morgan fingerprint density at radius 2 is 1.81 bits per heavy atom. The minimum Gasteiger partial charge on any atom is -0.351 e. The van der Waals surface area contributed by atoms with Crippen molar-refractivity contribution in [3.63, 3.8) is 0 Å². The van der Waals surface area contributed by atoms with Gasteiger partial charge in [0.15, 0.2) is 6.54 Å². The summed E-state index contributed by atoms with van der Waals surface area (Å²) in [5.74, 6) is -0.238. The van der Waals surface area contributed by atoms with Gasteiger partial charge in [-0.3, -0.25) is 4.79 Å². The SMILES string of the molecule is O=C(C[NH2+][C@H](c1ccccc1)c1cccs1)NCCc1ccc(F)cc1.